The molecule has 4 nitrogen and oxygen atoms in total. The number of carbonyl (C=O) groups excluding carboxylic acids is 1. The number of likely N-dealkylation sites (tertiary alicyclic amines) is 1. The molecule has 1 amide bonds. The van der Waals surface area contributed by atoms with Gasteiger partial charge in [0.05, 0.1) is 12.5 Å². The van der Waals surface area contributed by atoms with Gasteiger partial charge in [0.1, 0.15) is 0 Å². The fourth-order valence-electron chi connectivity index (χ4n) is 2.97. The molecule has 0 saturated carbocycles. The molecule has 0 spiro atoms. The van der Waals surface area contributed by atoms with Crippen molar-refractivity contribution in [3.63, 3.8) is 0 Å². The summed E-state index contributed by atoms with van der Waals surface area (Å²) in [5.74, 6) is 1.000. The molecule has 0 aliphatic carbocycles. The summed E-state index contributed by atoms with van der Waals surface area (Å²) in [6.45, 7) is 8.78. The van der Waals surface area contributed by atoms with Crippen molar-refractivity contribution >= 4 is 5.91 Å². The second-order valence-electron chi connectivity index (χ2n) is 6.05. The highest BCUT2D eigenvalue weighted by molar-refractivity contribution is 5.79. The van der Waals surface area contributed by atoms with Gasteiger partial charge in [0.25, 0.3) is 0 Å². The van der Waals surface area contributed by atoms with E-state index >= 15 is 0 Å². The summed E-state index contributed by atoms with van der Waals surface area (Å²) in [7, 11) is 1.74. The van der Waals surface area contributed by atoms with Gasteiger partial charge >= 0.3 is 0 Å². The number of ether oxygens (including phenoxy) is 1. The lowest BCUT2D eigenvalue weighted by atomic mass is 9.83. The highest BCUT2D eigenvalue weighted by Crippen LogP contribution is 2.36. The van der Waals surface area contributed by atoms with Crippen LogP contribution in [0.25, 0.3) is 0 Å². The van der Waals surface area contributed by atoms with Gasteiger partial charge < -0.3 is 15.0 Å². The van der Waals surface area contributed by atoms with Crippen molar-refractivity contribution in [2.45, 2.75) is 20.3 Å². The Hall–Kier alpha value is -0.610. The van der Waals surface area contributed by atoms with Crippen LogP contribution < -0.4 is 5.32 Å². The first-order valence-electron chi connectivity index (χ1n) is 6.53. The molecule has 2 atom stereocenters. The van der Waals surface area contributed by atoms with Crippen LogP contribution in [0.15, 0.2) is 0 Å². The average Bonchev–Trinajstić information content (AvgIpc) is 2.87. The molecular formula is C13H24N2O2. The van der Waals surface area contributed by atoms with E-state index in [0.29, 0.717) is 11.8 Å². The summed E-state index contributed by atoms with van der Waals surface area (Å²) in [5, 5.41) is 3.26. The van der Waals surface area contributed by atoms with Crippen molar-refractivity contribution in [3.8, 4) is 0 Å². The molecule has 0 aromatic carbocycles. The Balaban J connectivity index is 1.97. The van der Waals surface area contributed by atoms with E-state index in [2.05, 4.69) is 19.2 Å². The van der Waals surface area contributed by atoms with Crippen LogP contribution >= 0.6 is 0 Å². The fourth-order valence-corrected chi connectivity index (χ4v) is 2.97. The lowest BCUT2D eigenvalue weighted by molar-refractivity contribution is -0.134. The minimum Gasteiger partial charge on any atom is -0.384 e. The third-order valence-corrected chi connectivity index (χ3v) is 4.23. The molecule has 0 bridgehead atoms. The Labute approximate surface area is 104 Å². The van der Waals surface area contributed by atoms with Gasteiger partial charge in [-0.05, 0) is 18.4 Å². The monoisotopic (exact) mass is 240 g/mol. The van der Waals surface area contributed by atoms with Crippen LogP contribution in [0.1, 0.15) is 20.3 Å². The van der Waals surface area contributed by atoms with Gasteiger partial charge in [-0.3, -0.25) is 4.79 Å². The van der Waals surface area contributed by atoms with Gasteiger partial charge in [0.15, 0.2) is 0 Å². The molecule has 98 valence electrons. The molecule has 0 aromatic heterocycles. The smallest absolute Gasteiger partial charge is 0.227 e. The van der Waals surface area contributed by atoms with Gasteiger partial charge in [-0.1, -0.05) is 13.8 Å². The minimum absolute atomic E-state index is 0.178. The van der Waals surface area contributed by atoms with E-state index in [0.717, 1.165) is 39.2 Å². The molecule has 2 fully saturated rings. The maximum Gasteiger partial charge on any atom is 0.227 e. The second-order valence-corrected chi connectivity index (χ2v) is 6.05. The average molecular weight is 240 g/mol. The quantitative estimate of drug-likeness (QED) is 0.790. The molecule has 0 aromatic rings. The zero-order chi connectivity index (χ0) is 12.5. The fraction of sp³-hybridized carbons (Fsp3) is 0.923. The predicted molar refractivity (Wildman–Crippen MR) is 66.7 cm³/mol. The van der Waals surface area contributed by atoms with Crippen LogP contribution in [0.5, 0.6) is 0 Å². The summed E-state index contributed by atoms with van der Waals surface area (Å²) in [6.07, 6.45) is 0.991. The van der Waals surface area contributed by atoms with Gasteiger partial charge in [-0.15, -0.1) is 0 Å². The van der Waals surface area contributed by atoms with E-state index in [1.165, 1.54) is 0 Å². The first-order chi connectivity index (χ1) is 8.04. The normalized spacial score (nSPS) is 32.1. The largest absolute Gasteiger partial charge is 0.384 e. The van der Waals surface area contributed by atoms with Crippen molar-refractivity contribution in [3.05, 3.63) is 0 Å². The SMILES string of the molecule is COCC1CN(C(=O)C2CCNC2)CC1(C)C. The number of nitrogens with one attached hydrogen (secondary N) is 1. The van der Waals surface area contributed by atoms with Crippen LogP contribution in [0.2, 0.25) is 0 Å². The van der Waals surface area contributed by atoms with E-state index in [-0.39, 0.29) is 11.3 Å². The standard InChI is InChI=1S/C13H24N2O2/c1-13(2)9-15(7-11(13)8-17-3)12(16)10-4-5-14-6-10/h10-11,14H,4-9H2,1-3H3. The molecule has 0 radical (unpaired) electrons. The Morgan fingerprint density at radius 2 is 2.29 bits per heavy atom. The topological polar surface area (TPSA) is 41.6 Å². The Morgan fingerprint density at radius 1 is 1.53 bits per heavy atom. The van der Waals surface area contributed by atoms with Crippen LogP contribution in [0, 0.1) is 17.3 Å². The summed E-state index contributed by atoms with van der Waals surface area (Å²) < 4.78 is 5.26. The molecule has 2 saturated heterocycles. The highest BCUT2D eigenvalue weighted by atomic mass is 16.5. The van der Waals surface area contributed by atoms with E-state index in [1.807, 2.05) is 4.90 Å². The van der Waals surface area contributed by atoms with Gasteiger partial charge in [0.2, 0.25) is 5.91 Å². The summed E-state index contributed by atoms with van der Waals surface area (Å²) in [6, 6.07) is 0. The number of hydrogen-bond donors (Lipinski definition) is 1. The minimum atomic E-state index is 0.178. The van der Waals surface area contributed by atoms with Gasteiger partial charge in [0, 0.05) is 32.7 Å². The van der Waals surface area contributed by atoms with Crippen molar-refractivity contribution < 1.29 is 9.53 Å². The van der Waals surface area contributed by atoms with E-state index in [1.54, 1.807) is 7.11 Å². The number of carbonyl (C=O) groups is 1. The number of nitrogens with zero attached hydrogens (tertiary/aromatic N) is 1. The third kappa shape index (κ3) is 2.63. The Kier molecular flexibility index (Phi) is 3.73. The number of hydrogen-bond acceptors (Lipinski definition) is 3. The molecule has 4 heteroatoms. The first kappa shape index (κ1) is 12.8. The summed E-state index contributed by atoms with van der Waals surface area (Å²) in [4.78, 5) is 14.4. The zero-order valence-corrected chi connectivity index (χ0v) is 11.2. The van der Waals surface area contributed by atoms with Crippen LogP contribution in [-0.2, 0) is 9.53 Å². The molecule has 2 rings (SSSR count). The van der Waals surface area contributed by atoms with Crippen molar-refractivity contribution in [1.29, 1.82) is 0 Å². The molecule has 1 N–H and O–H groups in total. The van der Waals surface area contributed by atoms with Crippen LogP contribution in [0.4, 0.5) is 0 Å². The number of amides is 1. The van der Waals surface area contributed by atoms with Crippen molar-refractivity contribution in [2.75, 3.05) is 39.9 Å². The van der Waals surface area contributed by atoms with Crippen LogP contribution in [0.3, 0.4) is 0 Å². The summed E-state index contributed by atoms with van der Waals surface area (Å²) >= 11 is 0. The number of methoxy groups -OCH3 is 1. The van der Waals surface area contributed by atoms with Gasteiger partial charge in [-0.2, -0.15) is 0 Å². The predicted octanol–water partition coefficient (Wildman–Crippen LogP) is 0.727. The maximum absolute atomic E-state index is 12.3. The Bertz CT molecular complexity index is 285. The Morgan fingerprint density at radius 3 is 2.88 bits per heavy atom. The van der Waals surface area contributed by atoms with Crippen molar-refractivity contribution in [2.24, 2.45) is 17.3 Å². The lowest BCUT2D eigenvalue weighted by Crippen LogP contribution is -2.36. The second kappa shape index (κ2) is 4.94. The van der Waals surface area contributed by atoms with E-state index in [9.17, 15) is 4.79 Å². The third-order valence-electron chi connectivity index (χ3n) is 4.23. The zero-order valence-electron chi connectivity index (χ0n) is 11.2. The first-order valence-corrected chi connectivity index (χ1v) is 6.53. The molecule has 17 heavy (non-hydrogen) atoms. The molecule has 2 unspecified atom stereocenters. The molecule has 2 aliphatic rings. The lowest BCUT2D eigenvalue weighted by Gasteiger charge is -2.24. The molecule has 2 heterocycles. The summed E-state index contributed by atoms with van der Waals surface area (Å²) in [5.41, 5.74) is 0.178. The number of rotatable bonds is 3. The molecule has 2 aliphatic heterocycles. The molecular weight excluding hydrogens is 216 g/mol. The van der Waals surface area contributed by atoms with Crippen LogP contribution in [-0.4, -0.2) is 50.7 Å². The highest BCUT2D eigenvalue weighted by Gasteiger charge is 2.42. The van der Waals surface area contributed by atoms with Gasteiger partial charge in [-0.25, -0.2) is 0 Å². The van der Waals surface area contributed by atoms with E-state index < -0.39 is 0 Å². The van der Waals surface area contributed by atoms with E-state index in [4.69, 9.17) is 4.74 Å². The maximum atomic E-state index is 12.3. The van der Waals surface area contributed by atoms with Crippen molar-refractivity contribution in [1.82, 2.24) is 10.2 Å².